The standard InChI is InChI=1S/C16H19ClN2O4S/c1-23-6-5-19-9-14(13-8-11(17)2-3-15(13)19)16(20)18-12-4-7-24(21,22)10-12/h2-3,8-9,12H,4-7,10H2,1H3,(H,18,20)/t12-/m1/s1. The maximum absolute atomic E-state index is 12.6. The number of carbonyl (C=O) groups is 1. The molecule has 0 aliphatic carbocycles. The average Bonchev–Trinajstić information content (AvgIpc) is 3.04. The summed E-state index contributed by atoms with van der Waals surface area (Å²) in [6, 6.07) is 5.06. The molecule has 1 fully saturated rings. The Morgan fingerprint density at radius 2 is 2.25 bits per heavy atom. The van der Waals surface area contributed by atoms with Gasteiger partial charge < -0.3 is 14.6 Å². The number of sulfone groups is 1. The summed E-state index contributed by atoms with van der Waals surface area (Å²) in [4.78, 5) is 12.6. The van der Waals surface area contributed by atoms with Crippen LogP contribution in [0.15, 0.2) is 24.4 Å². The fourth-order valence-corrected chi connectivity index (χ4v) is 4.84. The zero-order chi connectivity index (χ0) is 17.3. The molecule has 1 N–H and O–H groups in total. The summed E-state index contributed by atoms with van der Waals surface area (Å²) in [5, 5.41) is 4.12. The molecular formula is C16H19ClN2O4S. The van der Waals surface area contributed by atoms with Crippen molar-refractivity contribution in [3.63, 3.8) is 0 Å². The minimum absolute atomic E-state index is 0.00180. The Labute approximate surface area is 145 Å². The predicted octanol–water partition coefficient (Wildman–Crippen LogP) is 1.86. The number of nitrogens with zero attached hydrogens (tertiary/aromatic N) is 1. The molecule has 24 heavy (non-hydrogen) atoms. The first-order chi connectivity index (χ1) is 11.4. The predicted molar refractivity (Wildman–Crippen MR) is 93.3 cm³/mol. The minimum atomic E-state index is -3.04. The maximum atomic E-state index is 12.6. The zero-order valence-corrected chi connectivity index (χ0v) is 14.9. The molecule has 3 rings (SSSR count). The number of rotatable bonds is 5. The number of hydrogen-bond acceptors (Lipinski definition) is 4. The van der Waals surface area contributed by atoms with Gasteiger partial charge in [0.2, 0.25) is 0 Å². The Hall–Kier alpha value is -1.57. The summed E-state index contributed by atoms with van der Waals surface area (Å²) >= 11 is 6.07. The SMILES string of the molecule is COCCn1cc(C(=O)N[C@@H]2CCS(=O)(=O)C2)c2cc(Cl)ccc21. The third-order valence-electron chi connectivity index (χ3n) is 4.19. The van der Waals surface area contributed by atoms with E-state index in [1.807, 2.05) is 10.6 Å². The van der Waals surface area contributed by atoms with Crippen LogP contribution < -0.4 is 5.32 Å². The second-order valence-electron chi connectivity index (χ2n) is 5.96. The van der Waals surface area contributed by atoms with E-state index in [0.29, 0.717) is 30.2 Å². The highest BCUT2D eigenvalue weighted by Gasteiger charge is 2.29. The van der Waals surface area contributed by atoms with Crippen molar-refractivity contribution in [2.24, 2.45) is 0 Å². The van der Waals surface area contributed by atoms with Gasteiger partial charge in [-0.3, -0.25) is 4.79 Å². The molecule has 130 valence electrons. The van der Waals surface area contributed by atoms with Crippen LogP contribution in [0.4, 0.5) is 0 Å². The second-order valence-corrected chi connectivity index (χ2v) is 8.63. The van der Waals surface area contributed by atoms with Crippen LogP contribution in [0.25, 0.3) is 10.9 Å². The van der Waals surface area contributed by atoms with Crippen LogP contribution in [0.2, 0.25) is 5.02 Å². The molecule has 2 heterocycles. The van der Waals surface area contributed by atoms with E-state index in [4.69, 9.17) is 16.3 Å². The lowest BCUT2D eigenvalue weighted by molar-refractivity contribution is 0.0942. The Bertz CT molecular complexity index is 876. The number of aromatic nitrogens is 1. The molecule has 0 saturated carbocycles. The maximum Gasteiger partial charge on any atom is 0.253 e. The van der Waals surface area contributed by atoms with Gasteiger partial charge in [-0.2, -0.15) is 0 Å². The Balaban J connectivity index is 1.90. The normalized spacial score (nSPS) is 19.7. The number of methoxy groups -OCH3 is 1. The number of benzene rings is 1. The van der Waals surface area contributed by atoms with Crippen molar-refractivity contribution in [2.75, 3.05) is 25.2 Å². The number of ether oxygens (including phenoxy) is 1. The smallest absolute Gasteiger partial charge is 0.253 e. The van der Waals surface area contributed by atoms with Gasteiger partial charge in [-0.05, 0) is 24.6 Å². The molecule has 8 heteroatoms. The van der Waals surface area contributed by atoms with E-state index in [1.165, 1.54) is 0 Å². The van der Waals surface area contributed by atoms with E-state index >= 15 is 0 Å². The van der Waals surface area contributed by atoms with Gasteiger partial charge in [-0.25, -0.2) is 8.42 Å². The molecule has 0 spiro atoms. The summed E-state index contributed by atoms with van der Waals surface area (Å²) in [7, 11) is -1.42. The van der Waals surface area contributed by atoms with E-state index in [-0.39, 0.29) is 23.5 Å². The van der Waals surface area contributed by atoms with Crippen molar-refractivity contribution >= 4 is 38.2 Å². The van der Waals surface area contributed by atoms with Crippen molar-refractivity contribution in [1.82, 2.24) is 9.88 Å². The highest BCUT2D eigenvalue weighted by molar-refractivity contribution is 7.91. The summed E-state index contributed by atoms with van der Waals surface area (Å²) in [5.41, 5.74) is 1.38. The topological polar surface area (TPSA) is 77.4 Å². The van der Waals surface area contributed by atoms with Gasteiger partial charge in [0.1, 0.15) is 0 Å². The van der Waals surface area contributed by atoms with E-state index in [9.17, 15) is 13.2 Å². The Morgan fingerprint density at radius 1 is 1.46 bits per heavy atom. The number of amides is 1. The van der Waals surface area contributed by atoms with E-state index in [1.54, 1.807) is 25.4 Å². The number of carbonyl (C=O) groups excluding carboxylic acids is 1. The van der Waals surface area contributed by atoms with Gasteiger partial charge in [0.25, 0.3) is 5.91 Å². The number of hydrogen-bond donors (Lipinski definition) is 1. The third-order valence-corrected chi connectivity index (χ3v) is 6.19. The van der Waals surface area contributed by atoms with Gasteiger partial charge >= 0.3 is 0 Å². The van der Waals surface area contributed by atoms with E-state index in [0.717, 1.165) is 10.9 Å². The molecule has 1 aliphatic heterocycles. The average molecular weight is 371 g/mol. The van der Waals surface area contributed by atoms with Crippen molar-refractivity contribution < 1.29 is 17.9 Å². The van der Waals surface area contributed by atoms with Crippen molar-refractivity contribution in [1.29, 1.82) is 0 Å². The monoisotopic (exact) mass is 370 g/mol. The fourth-order valence-electron chi connectivity index (χ4n) is 3.00. The molecule has 1 aromatic heterocycles. The number of nitrogens with one attached hydrogen (secondary N) is 1. The van der Waals surface area contributed by atoms with Crippen LogP contribution in [0.1, 0.15) is 16.8 Å². The van der Waals surface area contributed by atoms with Crippen molar-refractivity contribution in [3.8, 4) is 0 Å². The summed E-state index contributed by atoms with van der Waals surface area (Å²) in [6.07, 6.45) is 2.22. The van der Waals surface area contributed by atoms with Crippen LogP contribution in [0.3, 0.4) is 0 Å². The molecule has 1 atom stereocenters. The van der Waals surface area contributed by atoms with Crippen LogP contribution >= 0.6 is 11.6 Å². The molecule has 1 aromatic carbocycles. The van der Waals surface area contributed by atoms with Crippen molar-refractivity contribution in [3.05, 3.63) is 35.0 Å². The molecule has 1 saturated heterocycles. The van der Waals surface area contributed by atoms with Crippen LogP contribution in [-0.2, 0) is 21.1 Å². The molecular weight excluding hydrogens is 352 g/mol. The first kappa shape index (κ1) is 17.3. The molecule has 2 aromatic rings. The van der Waals surface area contributed by atoms with Crippen LogP contribution in [0.5, 0.6) is 0 Å². The minimum Gasteiger partial charge on any atom is -0.383 e. The summed E-state index contributed by atoms with van der Waals surface area (Å²) in [5.74, 6) is -0.151. The molecule has 0 unspecified atom stereocenters. The largest absolute Gasteiger partial charge is 0.383 e. The quantitative estimate of drug-likeness (QED) is 0.871. The lowest BCUT2D eigenvalue weighted by atomic mass is 10.1. The Kier molecular flexibility index (Phi) is 4.85. The second kappa shape index (κ2) is 6.74. The van der Waals surface area contributed by atoms with Gasteiger partial charge in [0.15, 0.2) is 9.84 Å². The first-order valence-electron chi connectivity index (χ1n) is 7.68. The molecule has 0 bridgehead atoms. The first-order valence-corrected chi connectivity index (χ1v) is 9.88. The van der Waals surface area contributed by atoms with Crippen molar-refractivity contribution in [2.45, 2.75) is 19.0 Å². The van der Waals surface area contributed by atoms with Gasteiger partial charge in [-0.15, -0.1) is 0 Å². The number of fused-ring (bicyclic) bond motifs is 1. The summed E-state index contributed by atoms with van der Waals surface area (Å²) in [6.45, 7) is 1.13. The summed E-state index contributed by atoms with van der Waals surface area (Å²) < 4.78 is 30.1. The van der Waals surface area contributed by atoms with E-state index in [2.05, 4.69) is 5.32 Å². The molecule has 1 aliphatic rings. The van der Waals surface area contributed by atoms with Crippen LogP contribution in [-0.4, -0.2) is 50.2 Å². The van der Waals surface area contributed by atoms with E-state index < -0.39 is 9.84 Å². The highest BCUT2D eigenvalue weighted by Crippen LogP contribution is 2.25. The number of halogens is 1. The zero-order valence-electron chi connectivity index (χ0n) is 13.3. The van der Waals surface area contributed by atoms with Gasteiger partial charge in [0.05, 0.1) is 23.7 Å². The molecule has 1 amide bonds. The molecule has 0 radical (unpaired) electrons. The molecule has 6 nitrogen and oxygen atoms in total. The van der Waals surface area contributed by atoms with Gasteiger partial charge in [-0.1, -0.05) is 11.6 Å². The third kappa shape index (κ3) is 3.58. The lowest BCUT2D eigenvalue weighted by Crippen LogP contribution is -2.35. The van der Waals surface area contributed by atoms with Crippen LogP contribution in [0, 0.1) is 0 Å². The highest BCUT2D eigenvalue weighted by atomic mass is 35.5. The fraction of sp³-hybridized carbons (Fsp3) is 0.438. The lowest BCUT2D eigenvalue weighted by Gasteiger charge is -2.10. The van der Waals surface area contributed by atoms with Gasteiger partial charge in [0, 0.05) is 41.8 Å². The Morgan fingerprint density at radius 3 is 2.92 bits per heavy atom.